The van der Waals surface area contributed by atoms with E-state index >= 15 is 0 Å². The number of benzene rings is 1. The number of carbonyl (C=O) groups is 1. The Balaban J connectivity index is 2.14. The Morgan fingerprint density at radius 2 is 1.79 bits per heavy atom. The maximum atomic E-state index is 12.9. The van der Waals surface area contributed by atoms with Gasteiger partial charge in [-0.05, 0) is 43.0 Å². The van der Waals surface area contributed by atoms with E-state index in [1.54, 1.807) is 27.4 Å². The van der Waals surface area contributed by atoms with Crippen LogP contribution in [-0.2, 0) is 4.79 Å². The Morgan fingerprint density at radius 1 is 1.14 bits per heavy atom. The largest absolute Gasteiger partial charge is 0.493 e. The van der Waals surface area contributed by atoms with Crippen LogP contribution in [0.2, 0.25) is 0 Å². The van der Waals surface area contributed by atoms with Gasteiger partial charge in [-0.15, -0.1) is 0 Å². The second-order valence-corrected chi connectivity index (χ2v) is 9.74. The van der Waals surface area contributed by atoms with Crippen molar-refractivity contribution in [1.82, 2.24) is 4.90 Å². The van der Waals surface area contributed by atoms with Gasteiger partial charge in [0, 0.05) is 29.2 Å². The zero-order chi connectivity index (χ0) is 20.7. The first kappa shape index (κ1) is 22.5. The minimum Gasteiger partial charge on any atom is -0.493 e. The second-order valence-electron chi connectivity index (χ2n) is 7.90. The molecule has 2 rings (SSSR count). The molecule has 0 bridgehead atoms. The van der Waals surface area contributed by atoms with Gasteiger partial charge >= 0.3 is 0 Å². The van der Waals surface area contributed by atoms with Gasteiger partial charge in [-0.3, -0.25) is 4.79 Å². The van der Waals surface area contributed by atoms with Gasteiger partial charge < -0.3 is 19.1 Å². The summed E-state index contributed by atoms with van der Waals surface area (Å²) in [5, 5.41) is 0. The van der Waals surface area contributed by atoms with Crippen LogP contribution in [0.5, 0.6) is 17.2 Å². The molecule has 1 aliphatic heterocycles. The van der Waals surface area contributed by atoms with Crippen molar-refractivity contribution in [1.29, 1.82) is 0 Å². The first-order chi connectivity index (χ1) is 13.3. The molecule has 0 N–H and O–H groups in total. The zero-order valence-corrected chi connectivity index (χ0v) is 18.7. The Bertz CT molecular complexity index is 671. The number of carbonyl (C=O) groups excluding carboxylic acids is 1. The van der Waals surface area contributed by atoms with Crippen molar-refractivity contribution in [3.63, 3.8) is 0 Å². The molecule has 156 valence electrons. The van der Waals surface area contributed by atoms with Crippen molar-refractivity contribution in [3.05, 3.63) is 23.8 Å². The summed E-state index contributed by atoms with van der Waals surface area (Å²) in [4.78, 5) is 14.9. The molecule has 0 saturated carbocycles. The van der Waals surface area contributed by atoms with E-state index in [1.165, 1.54) is 6.42 Å². The van der Waals surface area contributed by atoms with Crippen molar-refractivity contribution in [3.8, 4) is 17.2 Å². The molecule has 0 spiro atoms. The third-order valence-electron chi connectivity index (χ3n) is 4.72. The van der Waals surface area contributed by atoms with Crippen LogP contribution in [0.15, 0.2) is 18.2 Å². The van der Waals surface area contributed by atoms with Gasteiger partial charge in [0.1, 0.15) is 0 Å². The van der Waals surface area contributed by atoms with Gasteiger partial charge in [0.05, 0.1) is 21.3 Å². The summed E-state index contributed by atoms with van der Waals surface area (Å²) in [7, 11) is 4.74. The van der Waals surface area contributed by atoms with E-state index < -0.39 is 0 Å². The highest BCUT2D eigenvalue weighted by atomic mass is 32.2. The molecule has 6 heteroatoms. The quantitative estimate of drug-likeness (QED) is 0.616. The molecule has 1 aromatic rings. The summed E-state index contributed by atoms with van der Waals surface area (Å²) >= 11 is 1.92. The molecule has 1 atom stereocenters. The van der Waals surface area contributed by atoms with Crippen LogP contribution >= 0.6 is 11.8 Å². The lowest BCUT2D eigenvalue weighted by molar-refractivity contribution is -0.128. The number of piperidine rings is 1. The number of hydrogen-bond acceptors (Lipinski definition) is 5. The summed E-state index contributed by atoms with van der Waals surface area (Å²) in [5.41, 5.74) is 0.834. The fourth-order valence-corrected chi connectivity index (χ4v) is 4.31. The topological polar surface area (TPSA) is 48.0 Å². The molecule has 28 heavy (non-hydrogen) atoms. The highest BCUT2D eigenvalue weighted by Crippen LogP contribution is 2.38. The van der Waals surface area contributed by atoms with Crippen molar-refractivity contribution in [2.24, 2.45) is 0 Å². The summed E-state index contributed by atoms with van der Waals surface area (Å²) in [6, 6.07) is 3.98. The first-order valence-corrected chi connectivity index (χ1v) is 10.7. The molecule has 1 aromatic carbocycles. The Kier molecular flexibility index (Phi) is 8.10. The van der Waals surface area contributed by atoms with Gasteiger partial charge in [0.15, 0.2) is 11.5 Å². The van der Waals surface area contributed by atoms with Gasteiger partial charge in [-0.2, -0.15) is 11.8 Å². The zero-order valence-electron chi connectivity index (χ0n) is 17.9. The number of rotatable bonds is 7. The predicted molar refractivity (Wildman–Crippen MR) is 117 cm³/mol. The minimum atomic E-state index is 0.0629. The number of likely N-dealkylation sites (tertiary alicyclic amines) is 1. The SMILES string of the molecule is COc1cc(/C=C/C(=O)N2CCCC[C@H]2CSC(C)(C)C)cc(OC)c1OC. The fourth-order valence-electron chi connectivity index (χ4n) is 3.27. The van der Waals surface area contributed by atoms with Gasteiger partial charge in [0.2, 0.25) is 11.7 Å². The molecule has 1 heterocycles. The molecule has 1 aliphatic rings. The van der Waals surface area contributed by atoms with E-state index in [4.69, 9.17) is 14.2 Å². The third-order valence-corrected chi connectivity index (χ3v) is 6.14. The van der Waals surface area contributed by atoms with Crippen molar-refractivity contribution >= 4 is 23.7 Å². The molecule has 1 saturated heterocycles. The molecule has 0 radical (unpaired) electrons. The molecular weight excluding hydrogens is 374 g/mol. The van der Waals surface area contributed by atoms with Crippen LogP contribution in [0.25, 0.3) is 6.08 Å². The van der Waals surface area contributed by atoms with E-state index in [2.05, 4.69) is 20.8 Å². The van der Waals surface area contributed by atoms with Crippen molar-refractivity contribution < 1.29 is 19.0 Å². The van der Waals surface area contributed by atoms with Crippen LogP contribution in [0.1, 0.15) is 45.6 Å². The van der Waals surface area contributed by atoms with E-state index in [1.807, 2.05) is 34.9 Å². The molecule has 1 fully saturated rings. The highest BCUT2D eigenvalue weighted by molar-refractivity contribution is 8.00. The molecule has 0 aliphatic carbocycles. The fraction of sp³-hybridized carbons (Fsp3) is 0.591. The molecular formula is C22H33NO4S. The average Bonchev–Trinajstić information content (AvgIpc) is 2.69. The lowest BCUT2D eigenvalue weighted by atomic mass is 10.0. The van der Waals surface area contributed by atoms with Crippen molar-refractivity contribution in [2.75, 3.05) is 33.6 Å². The normalized spacial score (nSPS) is 17.6. The molecule has 0 aromatic heterocycles. The maximum Gasteiger partial charge on any atom is 0.246 e. The molecule has 1 amide bonds. The van der Waals surface area contributed by atoms with Crippen molar-refractivity contribution in [2.45, 2.75) is 50.8 Å². The lowest BCUT2D eigenvalue weighted by Gasteiger charge is -2.36. The van der Waals surface area contributed by atoms with Gasteiger partial charge in [-0.1, -0.05) is 20.8 Å². The summed E-state index contributed by atoms with van der Waals surface area (Å²) < 4.78 is 16.3. The van der Waals surface area contributed by atoms with E-state index in [0.717, 1.165) is 30.7 Å². The van der Waals surface area contributed by atoms with Gasteiger partial charge in [-0.25, -0.2) is 0 Å². The van der Waals surface area contributed by atoms with Crippen LogP contribution < -0.4 is 14.2 Å². The lowest BCUT2D eigenvalue weighted by Crippen LogP contribution is -2.44. The van der Waals surface area contributed by atoms with E-state index in [9.17, 15) is 4.79 Å². The standard InChI is InChI=1S/C22H33NO4S/c1-22(2,3)28-15-17-9-7-8-12-23(17)20(24)11-10-16-13-18(25-4)21(27-6)19(14-16)26-5/h10-11,13-14,17H,7-9,12,15H2,1-6H3/b11-10+/t17-/m0/s1. The summed E-state index contributed by atoms with van der Waals surface area (Å²) in [5.74, 6) is 2.74. The predicted octanol–water partition coefficient (Wildman–Crippen LogP) is 4.64. The second kappa shape index (κ2) is 10.1. The summed E-state index contributed by atoms with van der Waals surface area (Å²) in [6.07, 6.45) is 6.80. The number of methoxy groups -OCH3 is 3. The van der Waals surface area contributed by atoms with Crippen LogP contribution in [0, 0.1) is 0 Å². The molecule has 5 nitrogen and oxygen atoms in total. The Hall–Kier alpha value is -1.82. The van der Waals surface area contributed by atoms with Crippen LogP contribution in [-0.4, -0.2) is 55.2 Å². The van der Waals surface area contributed by atoms with E-state index in [-0.39, 0.29) is 10.7 Å². The van der Waals surface area contributed by atoms with Crippen LogP contribution in [0.3, 0.4) is 0 Å². The Morgan fingerprint density at radius 3 is 2.32 bits per heavy atom. The van der Waals surface area contributed by atoms with E-state index in [0.29, 0.717) is 23.3 Å². The number of thioether (sulfide) groups is 1. The molecule has 0 unspecified atom stereocenters. The monoisotopic (exact) mass is 407 g/mol. The maximum absolute atomic E-state index is 12.9. The number of nitrogens with zero attached hydrogens (tertiary/aromatic N) is 1. The Labute approximate surface area is 173 Å². The first-order valence-electron chi connectivity index (χ1n) is 9.71. The highest BCUT2D eigenvalue weighted by Gasteiger charge is 2.27. The smallest absolute Gasteiger partial charge is 0.246 e. The van der Waals surface area contributed by atoms with Gasteiger partial charge in [0.25, 0.3) is 0 Å². The number of hydrogen-bond donors (Lipinski definition) is 0. The minimum absolute atomic E-state index is 0.0629. The number of ether oxygens (including phenoxy) is 3. The number of amides is 1. The average molecular weight is 408 g/mol. The third kappa shape index (κ3) is 6.09. The summed E-state index contributed by atoms with van der Waals surface area (Å²) in [6.45, 7) is 7.48. The van der Waals surface area contributed by atoms with Crippen LogP contribution in [0.4, 0.5) is 0 Å².